The van der Waals surface area contributed by atoms with E-state index in [1.54, 1.807) is 10.6 Å². The van der Waals surface area contributed by atoms with Gasteiger partial charge in [-0.3, -0.25) is 10.1 Å². The summed E-state index contributed by atoms with van der Waals surface area (Å²) < 4.78 is 1.58. The van der Waals surface area contributed by atoms with Crippen LogP contribution in [0.4, 0.5) is 10.7 Å². The number of pyridine rings is 1. The summed E-state index contributed by atoms with van der Waals surface area (Å²) in [7, 11) is 4.10. The topological polar surface area (TPSA) is 103 Å². The lowest BCUT2D eigenvalue weighted by Gasteiger charge is -2.36. The number of carboxylic acid groups (broad SMARTS) is 1. The maximum atomic E-state index is 13.0. The Morgan fingerprint density at radius 3 is 2.42 bits per heavy atom. The molecule has 0 bridgehead atoms. The molecule has 2 aromatic heterocycles. The van der Waals surface area contributed by atoms with Crippen LogP contribution in [0.1, 0.15) is 42.5 Å². The van der Waals surface area contributed by atoms with Crippen LogP contribution >= 0.6 is 0 Å². The van der Waals surface area contributed by atoms with Gasteiger partial charge in [-0.1, -0.05) is 37.5 Å². The van der Waals surface area contributed by atoms with Gasteiger partial charge in [0.15, 0.2) is 5.65 Å². The van der Waals surface area contributed by atoms with Gasteiger partial charge >= 0.3 is 6.09 Å². The number of rotatable bonds is 4. The number of nitrogens with zero attached hydrogens (tertiary/aromatic N) is 5. The molecule has 1 unspecified atom stereocenters. The first kappa shape index (κ1) is 22.7. The van der Waals surface area contributed by atoms with Gasteiger partial charge in [-0.05, 0) is 51.2 Å². The van der Waals surface area contributed by atoms with Crippen LogP contribution in [0.15, 0.2) is 42.5 Å². The fourth-order valence-electron chi connectivity index (χ4n) is 3.80. The minimum Gasteiger partial charge on any atom is -0.465 e. The Kier molecular flexibility index (Phi) is 6.88. The first-order valence-corrected chi connectivity index (χ1v) is 11.3. The summed E-state index contributed by atoms with van der Waals surface area (Å²) in [6.07, 6.45) is 5.40. The Labute approximate surface area is 193 Å². The first-order valence-electron chi connectivity index (χ1n) is 11.3. The van der Waals surface area contributed by atoms with E-state index >= 15 is 0 Å². The minimum atomic E-state index is -1.22. The highest BCUT2D eigenvalue weighted by Gasteiger charge is 2.25. The highest BCUT2D eigenvalue weighted by Crippen LogP contribution is 2.23. The number of hydrogen-bond donors (Lipinski definition) is 2. The minimum absolute atomic E-state index is 0.0160. The molecule has 1 aliphatic carbocycles. The Hall–Kier alpha value is -3.46. The molecular weight excluding hydrogens is 420 g/mol. The van der Waals surface area contributed by atoms with Crippen molar-refractivity contribution in [3.63, 3.8) is 0 Å². The number of hydrogen-bond acceptors (Lipinski definition) is 5. The third kappa shape index (κ3) is 5.67. The number of anilines is 1. The van der Waals surface area contributed by atoms with Crippen molar-refractivity contribution in [2.75, 3.05) is 32.5 Å². The Morgan fingerprint density at radius 2 is 1.79 bits per heavy atom. The second kappa shape index (κ2) is 9.99. The normalized spacial score (nSPS) is 17.4. The molecule has 3 aromatic rings. The standard InChI is InChI=1S/C21H24N6O3.C3H6/c1-25(2)16-5-4-12-26(13-16)19(28)15-10-8-14(9-11-15)17-6-3-7-18-22-20(23-21(29)30)24-27(17)18;1-2-3-1/h3,6-11,16H,4-5,12-13H2,1-2H3,(H,23,24)(H,29,30);1-3H2. The van der Waals surface area contributed by atoms with Gasteiger partial charge in [0.05, 0.1) is 5.69 Å². The van der Waals surface area contributed by atoms with E-state index in [4.69, 9.17) is 5.11 Å². The van der Waals surface area contributed by atoms with Crippen LogP contribution in [-0.2, 0) is 0 Å². The molecule has 33 heavy (non-hydrogen) atoms. The molecule has 2 N–H and O–H groups in total. The molecule has 0 radical (unpaired) electrons. The summed E-state index contributed by atoms with van der Waals surface area (Å²) in [5.41, 5.74) is 2.79. The molecule has 9 nitrogen and oxygen atoms in total. The second-order valence-electron chi connectivity index (χ2n) is 8.70. The summed E-state index contributed by atoms with van der Waals surface area (Å²) in [6.45, 7) is 1.52. The summed E-state index contributed by atoms with van der Waals surface area (Å²) >= 11 is 0. The van der Waals surface area contributed by atoms with E-state index in [2.05, 4.69) is 34.4 Å². The van der Waals surface area contributed by atoms with Crippen LogP contribution in [0.3, 0.4) is 0 Å². The van der Waals surface area contributed by atoms with E-state index < -0.39 is 6.09 Å². The highest BCUT2D eigenvalue weighted by atomic mass is 16.4. The van der Waals surface area contributed by atoms with Gasteiger partial charge in [0.25, 0.3) is 11.9 Å². The zero-order valence-electron chi connectivity index (χ0n) is 19.1. The molecule has 0 spiro atoms. The maximum absolute atomic E-state index is 13.0. The lowest BCUT2D eigenvalue weighted by Crippen LogP contribution is -2.47. The van der Waals surface area contributed by atoms with Gasteiger partial charge in [-0.15, -0.1) is 5.10 Å². The molecule has 2 aliphatic rings. The van der Waals surface area contributed by atoms with Crippen LogP contribution in [0.5, 0.6) is 0 Å². The molecule has 3 heterocycles. The molecular formula is C24H30N6O3. The first-order chi connectivity index (χ1) is 15.9. The number of benzene rings is 1. The molecule has 1 aromatic carbocycles. The van der Waals surface area contributed by atoms with Crippen molar-refractivity contribution < 1.29 is 14.7 Å². The molecule has 174 valence electrons. The molecule has 1 saturated carbocycles. The van der Waals surface area contributed by atoms with E-state index in [-0.39, 0.29) is 11.9 Å². The third-order valence-corrected chi connectivity index (χ3v) is 5.77. The van der Waals surface area contributed by atoms with Crippen molar-refractivity contribution in [1.82, 2.24) is 24.4 Å². The summed E-state index contributed by atoms with van der Waals surface area (Å²) in [5.74, 6) is 0.0577. The van der Waals surface area contributed by atoms with Crippen molar-refractivity contribution >= 4 is 23.6 Å². The Bertz CT molecular complexity index is 1120. The zero-order chi connectivity index (χ0) is 23.4. The van der Waals surface area contributed by atoms with Crippen molar-refractivity contribution in [2.45, 2.75) is 38.1 Å². The van der Waals surface area contributed by atoms with E-state index in [1.165, 1.54) is 19.3 Å². The molecule has 5 rings (SSSR count). The Balaban J connectivity index is 0.000000799. The SMILES string of the molecule is C1CC1.CN(C)C1CCCN(C(=O)c2ccc(-c3cccc4nc(NC(=O)O)nn34)cc2)C1. The van der Waals surface area contributed by atoms with E-state index in [0.717, 1.165) is 37.2 Å². The van der Waals surface area contributed by atoms with Gasteiger partial charge in [-0.2, -0.15) is 4.98 Å². The monoisotopic (exact) mass is 450 g/mol. The molecule has 2 fully saturated rings. The molecule has 1 atom stereocenters. The van der Waals surface area contributed by atoms with Crippen LogP contribution in [0.2, 0.25) is 0 Å². The largest absolute Gasteiger partial charge is 0.465 e. The van der Waals surface area contributed by atoms with Gasteiger partial charge in [-0.25, -0.2) is 9.31 Å². The number of aromatic nitrogens is 3. The summed E-state index contributed by atoms with van der Waals surface area (Å²) in [5, 5.41) is 15.3. The average Bonchev–Trinajstić information content (AvgIpc) is 3.64. The molecule has 9 heteroatoms. The lowest BCUT2D eigenvalue weighted by atomic mass is 10.0. The number of piperidine rings is 1. The maximum Gasteiger partial charge on any atom is 0.411 e. The van der Waals surface area contributed by atoms with Crippen molar-refractivity contribution in [1.29, 1.82) is 0 Å². The van der Waals surface area contributed by atoms with E-state index in [0.29, 0.717) is 17.3 Å². The van der Waals surface area contributed by atoms with Crippen molar-refractivity contribution in [2.24, 2.45) is 0 Å². The van der Waals surface area contributed by atoms with E-state index in [1.807, 2.05) is 41.3 Å². The predicted octanol–water partition coefficient (Wildman–Crippen LogP) is 3.82. The number of likely N-dealkylation sites (N-methyl/N-ethyl adjacent to an activating group) is 1. The van der Waals surface area contributed by atoms with Crippen LogP contribution < -0.4 is 5.32 Å². The van der Waals surface area contributed by atoms with Crippen molar-refractivity contribution in [3.8, 4) is 11.3 Å². The predicted molar refractivity (Wildman–Crippen MR) is 127 cm³/mol. The number of nitrogens with one attached hydrogen (secondary N) is 1. The van der Waals surface area contributed by atoms with Gasteiger partial charge in [0, 0.05) is 30.3 Å². The fourth-order valence-corrected chi connectivity index (χ4v) is 3.80. The second-order valence-corrected chi connectivity index (χ2v) is 8.70. The van der Waals surface area contributed by atoms with E-state index in [9.17, 15) is 9.59 Å². The smallest absolute Gasteiger partial charge is 0.411 e. The summed E-state index contributed by atoms with van der Waals surface area (Å²) in [6, 6.07) is 13.2. The zero-order valence-corrected chi connectivity index (χ0v) is 19.1. The number of fused-ring (bicyclic) bond motifs is 1. The van der Waals surface area contributed by atoms with Crippen LogP contribution in [-0.4, -0.2) is 74.7 Å². The average molecular weight is 451 g/mol. The fraction of sp³-hybridized carbons (Fsp3) is 0.417. The molecule has 2 amide bonds. The number of likely N-dealkylation sites (tertiary alicyclic amines) is 1. The van der Waals surface area contributed by atoms with Gasteiger partial charge in [0.2, 0.25) is 0 Å². The lowest BCUT2D eigenvalue weighted by molar-refractivity contribution is 0.0635. The number of carbonyl (C=O) groups is 2. The van der Waals surface area contributed by atoms with Gasteiger partial charge < -0.3 is 14.9 Å². The van der Waals surface area contributed by atoms with Crippen LogP contribution in [0.25, 0.3) is 16.9 Å². The van der Waals surface area contributed by atoms with Gasteiger partial charge in [0.1, 0.15) is 0 Å². The van der Waals surface area contributed by atoms with Crippen molar-refractivity contribution in [3.05, 3.63) is 48.0 Å². The number of carbonyl (C=O) groups excluding carboxylic acids is 1. The number of amides is 2. The Morgan fingerprint density at radius 1 is 1.06 bits per heavy atom. The molecule has 1 aliphatic heterocycles. The summed E-state index contributed by atoms with van der Waals surface area (Å²) in [4.78, 5) is 32.1. The molecule has 1 saturated heterocycles. The van der Waals surface area contributed by atoms with Crippen LogP contribution in [0, 0.1) is 0 Å². The highest BCUT2D eigenvalue weighted by molar-refractivity contribution is 5.94. The third-order valence-electron chi connectivity index (χ3n) is 5.77. The quantitative estimate of drug-likeness (QED) is 0.626.